The van der Waals surface area contributed by atoms with E-state index in [2.05, 4.69) is 0 Å². The molecule has 47 heavy (non-hydrogen) atoms. The summed E-state index contributed by atoms with van der Waals surface area (Å²) >= 11 is 0. The fourth-order valence-electron chi connectivity index (χ4n) is 8.47. The molecule has 1 aliphatic heterocycles. The Morgan fingerprint density at radius 1 is 0.489 bits per heavy atom. The first-order valence-electron chi connectivity index (χ1n) is 15.6. The van der Waals surface area contributed by atoms with Gasteiger partial charge in [0.15, 0.2) is 5.78 Å². The van der Waals surface area contributed by atoms with Crippen molar-refractivity contribution >= 4 is 34.4 Å². The van der Waals surface area contributed by atoms with Crippen molar-refractivity contribution in [2.24, 2.45) is 11.8 Å². The monoisotopic (exact) mass is 617 g/mol. The van der Waals surface area contributed by atoms with Crippen molar-refractivity contribution in [3.8, 4) is 11.5 Å². The van der Waals surface area contributed by atoms with Crippen LogP contribution in [-0.4, -0.2) is 31.8 Å². The standard InChI is InChI=1S/C41H31NO5/c1-46-31-22-18-26(19-23-31)33-34(27-20-24-32(47-2)25-21-27)41(29-14-8-4-9-15-29)36-35(40(33,39(41)45)28-12-6-3-7-13-28)37(43)42(38(36)44)30-16-10-5-11-17-30/h3-25,35-36H,1-2H3/t35-,36+,40-,41-/m1/s1. The molecule has 230 valence electrons. The van der Waals surface area contributed by atoms with Crippen molar-refractivity contribution in [3.05, 3.63) is 162 Å². The Hall–Kier alpha value is -5.75. The topological polar surface area (TPSA) is 72.9 Å². The van der Waals surface area contributed by atoms with Crippen molar-refractivity contribution in [3.63, 3.8) is 0 Å². The first-order valence-corrected chi connectivity index (χ1v) is 15.6. The van der Waals surface area contributed by atoms with Crippen LogP contribution in [0.5, 0.6) is 11.5 Å². The Morgan fingerprint density at radius 3 is 1.21 bits per heavy atom. The van der Waals surface area contributed by atoms with E-state index >= 15 is 4.79 Å². The first-order chi connectivity index (χ1) is 23.0. The van der Waals surface area contributed by atoms with Crippen LogP contribution in [0.25, 0.3) is 11.1 Å². The molecule has 2 amide bonds. The number of methoxy groups -OCH3 is 2. The van der Waals surface area contributed by atoms with Crippen LogP contribution in [0.4, 0.5) is 5.69 Å². The van der Waals surface area contributed by atoms with Gasteiger partial charge in [0.05, 0.1) is 42.6 Å². The molecule has 0 radical (unpaired) electrons. The molecule has 3 aliphatic rings. The van der Waals surface area contributed by atoms with Gasteiger partial charge in [-0.15, -0.1) is 0 Å². The third-order valence-electron chi connectivity index (χ3n) is 10.2. The van der Waals surface area contributed by atoms with Gasteiger partial charge >= 0.3 is 0 Å². The van der Waals surface area contributed by atoms with Crippen molar-refractivity contribution in [1.29, 1.82) is 0 Å². The average molecular weight is 618 g/mol. The summed E-state index contributed by atoms with van der Waals surface area (Å²) in [6.07, 6.45) is 0. The number of fused-ring (bicyclic) bond motifs is 5. The highest BCUT2D eigenvalue weighted by atomic mass is 16.5. The Bertz CT molecular complexity index is 1930. The molecule has 6 heteroatoms. The molecule has 2 bridgehead atoms. The van der Waals surface area contributed by atoms with E-state index < -0.39 is 22.7 Å². The zero-order chi connectivity index (χ0) is 32.3. The number of carbonyl (C=O) groups is 3. The lowest BCUT2D eigenvalue weighted by Crippen LogP contribution is -2.45. The summed E-state index contributed by atoms with van der Waals surface area (Å²) in [5.74, 6) is -1.54. The number of para-hydroxylation sites is 1. The van der Waals surface area contributed by atoms with E-state index in [4.69, 9.17) is 9.47 Å². The van der Waals surface area contributed by atoms with Crippen molar-refractivity contribution < 1.29 is 23.9 Å². The number of benzene rings is 5. The minimum Gasteiger partial charge on any atom is -0.497 e. The summed E-state index contributed by atoms with van der Waals surface area (Å²) in [6.45, 7) is 0. The van der Waals surface area contributed by atoms with Gasteiger partial charge in [-0.05, 0) is 69.8 Å². The summed E-state index contributed by atoms with van der Waals surface area (Å²) in [7, 11) is 3.22. The summed E-state index contributed by atoms with van der Waals surface area (Å²) in [6, 6.07) is 43.3. The zero-order valence-corrected chi connectivity index (χ0v) is 25.9. The van der Waals surface area contributed by atoms with E-state index in [0.717, 1.165) is 22.3 Å². The van der Waals surface area contributed by atoms with Crippen LogP contribution >= 0.6 is 0 Å². The van der Waals surface area contributed by atoms with Crippen LogP contribution in [-0.2, 0) is 25.2 Å². The Morgan fingerprint density at radius 2 is 0.851 bits per heavy atom. The van der Waals surface area contributed by atoms with E-state index in [9.17, 15) is 9.59 Å². The van der Waals surface area contributed by atoms with Gasteiger partial charge in [0.2, 0.25) is 11.8 Å². The molecule has 1 heterocycles. The third-order valence-corrected chi connectivity index (χ3v) is 10.2. The Kier molecular flexibility index (Phi) is 6.51. The van der Waals surface area contributed by atoms with Gasteiger partial charge in [-0.25, -0.2) is 4.90 Å². The fourth-order valence-corrected chi connectivity index (χ4v) is 8.47. The molecule has 0 spiro atoms. The highest BCUT2D eigenvalue weighted by Crippen LogP contribution is 2.74. The number of allylic oxidation sites excluding steroid dienone is 2. The number of ether oxygens (including phenoxy) is 2. The van der Waals surface area contributed by atoms with Gasteiger partial charge in [-0.2, -0.15) is 0 Å². The lowest BCUT2D eigenvalue weighted by molar-refractivity contribution is -0.130. The molecule has 0 aromatic heterocycles. The fraction of sp³-hybridized carbons (Fsp3) is 0.146. The highest BCUT2D eigenvalue weighted by molar-refractivity contribution is 6.39. The van der Waals surface area contributed by atoms with E-state index in [1.54, 1.807) is 26.4 Å². The van der Waals surface area contributed by atoms with Crippen molar-refractivity contribution in [2.75, 3.05) is 19.1 Å². The molecular formula is C41H31NO5. The van der Waals surface area contributed by atoms with Crippen LogP contribution < -0.4 is 14.4 Å². The lowest BCUT2D eigenvalue weighted by atomic mass is 9.59. The molecular weight excluding hydrogens is 586 g/mol. The molecule has 1 saturated heterocycles. The molecule has 0 unspecified atom stereocenters. The number of hydrogen-bond acceptors (Lipinski definition) is 5. The zero-order valence-electron chi connectivity index (χ0n) is 25.9. The number of hydrogen-bond donors (Lipinski definition) is 0. The number of amides is 2. The second-order valence-corrected chi connectivity index (χ2v) is 12.2. The number of Topliss-reactive ketones (excluding diaryl/α,β-unsaturated/α-hetero) is 1. The molecule has 2 aliphatic carbocycles. The van der Waals surface area contributed by atoms with Crippen LogP contribution in [0.3, 0.4) is 0 Å². The lowest BCUT2D eigenvalue weighted by Gasteiger charge is -2.39. The number of carbonyl (C=O) groups excluding carboxylic acids is 3. The normalized spacial score (nSPS) is 24.6. The SMILES string of the molecule is COc1ccc(C2=C(c3ccc(OC)cc3)[C@@]3(c4ccccc4)C(=O)[C@@]2(c2ccccc2)[C@@H]2C(=O)N(c4ccccc4)C(=O)[C@@H]23)cc1. The average Bonchev–Trinajstić information content (AvgIpc) is 3.64. The predicted molar refractivity (Wildman–Crippen MR) is 180 cm³/mol. The van der Waals surface area contributed by atoms with Gasteiger partial charge in [0.25, 0.3) is 0 Å². The number of nitrogens with zero attached hydrogens (tertiary/aromatic N) is 1. The molecule has 0 N–H and O–H groups in total. The van der Waals surface area contributed by atoms with Gasteiger partial charge in [-0.3, -0.25) is 14.4 Å². The van der Waals surface area contributed by atoms with Crippen molar-refractivity contribution in [1.82, 2.24) is 0 Å². The number of anilines is 1. The predicted octanol–water partition coefficient (Wildman–Crippen LogP) is 6.89. The molecule has 8 rings (SSSR count). The number of imide groups is 1. The summed E-state index contributed by atoms with van der Waals surface area (Å²) in [5, 5.41) is 0. The van der Waals surface area contributed by atoms with E-state index in [1.165, 1.54) is 4.90 Å². The summed E-state index contributed by atoms with van der Waals surface area (Å²) in [4.78, 5) is 47.2. The molecule has 5 aromatic rings. The Balaban J connectivity index is 1.55. The van der Waals surface area contributed by atoms with E-state index in [1.807, 2.05) is 127 Å². The van der Waals surface area contributed by atoms with Crippen LogP contribution in [0.2, 0.25) is 0 Å². The minimum absolute atomic E-state index is 0.163. The van der Waals surface area contributed by atoms with Gasteiger partial charge in [0, 0.05) is 0 Å². The molecule has 4 atom stereocenters. The smallest absolute Gasteiger partial charge is 0.239 e. The van der Waals surface area contributed by atoms with Crippen LogP contribution in [0, 0.1) is 11.8 Å². The maximum Gasteiger partial charge on any atom is 0.239 e. The van der Waals surface area contributed by atoms with Gasteiger partial charge in [0.1, 0.15) is 11.5 Å². The van der Waals surface area contributed by atoms with E-state index in [0.29, 0.717) is 28.3 Å². The maximum atomic E-state index is 16.0. The second kappa shape index (κ2) is 10.7. The third kappa shape index (κ3) is 3.69. The molecule has 2 fully saturated rings. The maximum absolute atomic E-state index is 16.0. The van der Waals surface area contributed by atoms with E-state index in [-0.39, 0.29) is 17.6 Å². The van der Waals surface area contributed by atoms with Crippen LogP contribution in [0.1, 0.15) is 22.3 Å². The molecule has 1 saturated carbocycles. The minimum atomic E-state index is -1.47. The van der Waals surface area contributed by atoms with Gasteiger partial charge in [-0.1, -0.05) is 103 Å². The molecule has 6 nitrogen and oxygen atoms in total. The first kappa shape index (κ1) is 28.7. The van der Waals surface area contributed by atoms with Crippen molar-refractivity contribution in [2.45, 2.75) is 10.8 Å². The quantitative estimate of drug-likeness (QED) is 0.186. The highest BCUT2D eigenvalue weighted by Gasteiger charge is 2.82. The summed E-state index contributed by atoms with van der Waals surface area (Å²) < 4.78 is 11.0. The van der Waals surface area contributed by atoms with Crippen LogP contribution in [0.15, 0.2) is 140 Å². The molecule has 5 aromatic carbocycles. The number of ketones is 1. The largest absolute Gasteiger partial charge is 0.497 e. The van der Waals surface area contributed by atoms with Gasteiger partial charge < -0.3 is 9.47 Å². The Labute approximate surface area is 272 Å². The summed E-state index contributed by atoms with van der Waals surface area (Å²) in [5.41, 5.74) is 1.93. The second-order valence-electron chi connectivity index (χ2n) is 12.2. The number of rotatable bonds is 7.